The fraction of sp³-hybridized carbons (Fsp3) is 0.917. The van der Waals surface area contributed by atoms with E-state index in [1.165, 1.54) is 12.8 Å². The lowest BCUT2D eigenvalue weighted by molar-refractivity contribution is 0.0875. The van der Waals surface area contributed by atoms with Gasteiger partial charge in [-0.15, -0.1) is 0 Å². The summed E-state index contributed by atoms with van der Waals surface area (Å²) in [7, 11) is 0. The van der Waals surface area contributed by atoms with Crippen molar-refractivity contribution in [2.24, 2.45) is 10.9 Å². The molecule has 0 aromatic rings. The molecular formula is C12H20N2OS. The van der Waals surface area contributed by atoms with Gasteiger partial charge in [0, 0.05) is 17.9 Å². The molecule has 0 amide bonds. The van der Waals surface area contributed by atoms with Crippen LogP contribution < -0.4 is 5.32 Å². The zero-order valence-corrected chi connectivity index (χ0v) is 10.8. The van der Waals surface area contributed by atoms with Gasteiger partial charge in [-0.25, -0.2) is 0 Å². The number of nitrogens with one attached hydrogen (secondary N) is 1. The molecule has 0 spiro atoms. The molecule has 2 unspecified atom stereocenters. The molecule has 2 heterocycles. The Morgan fingerprint density at radius 3 is 2.81 bits per heavy atom. The highest BCUT2D eigenvalue weighted by Gasteiger charge is 2.41. The predicted octanol–water partition coefficient (Wildman–Crippen LogP) is 2.02. The second kappa shape index (κ2) is 3.91. The highest BCUT2D eigenvalue weighted by atomic mass is 32.2. The summed E-state index contributed by atoms with van der Waals surface area (Å²) in [4.78, 5) is 4.86. The van der Waals surface area contributed by atoms with Crippen LogP contribution in [0, 0.1) is 5.92 Å². The molecule has 3 nitrogen and oxygen atoms in total. The maximum atomic E-state index is 5.81. The minimum Gasteiger partial charge on any atom is -0.376 e. The van der Waals surface area contributed by atoms with Crippen LogP contribution >= 0.6 is 11.8 Å². The van der Waals surface area contributed by atoms with Crippen LogP contribution in [-0.2, 0) is 4.74 Å². The van der Waals surface area contributed by atoms with Gasteiger partial charge in [0.25, 0.3) is 0 Å². The van der Waals surface area contributed by atoms with E-state index in [1.54, 1.807) is 0 Å². The van der Waals surface area contributed by atoms with Crippen LogP contribution in [0.4, 0.5) is 0 Å². The molecule has 2 atom stereocenters. The largest absolute Gasteiger partial charge is 0.376 e. The van der Waals surface area contributed by atoms with Gasteiger partial charge in [-0.1, -0.05) is 11.8 Å². The van der Waals surface area contributed by atoms with E-state index in [-0.39, 0.29) is 5.54 Å². The number of thioether (sulfide) groups is 1. The molecule has 0 radical (unpaired) electrons. The Hall–Kier alpha value is -0.220. The second-order valence-electron chi connectivity index (χ2n) is 5.76. The second-order valence-corrected chi connectivity index (χ2v) is 6.72. The minimum absolute atomic E-state index is 0.206. The molecule has 0 bridgehead atoms. The molecule has 2 aliphatic heterocycles. The Kier molecular flexibility index (Phi) is 2.67. The van der Waals surface area contributed by atoms with Crippen molar-refractivity contribution in [1.82, 2.24) is 5.32 Å². The first-order chi connectivity index (χ1) is 7.64. The standard InChI is InChI=1S/C12H20N2OS/c1-12(2)7-16-11(14-12)13-9-5-6-15-10(9)8-3-4-8/h8-10H,3-7H2,1-2H3,(H,13,14). The van der Waals surface area contributed by atoms with Crippen molar-refractivity contribution < 1.29 is 4.74 Å². The summed E-state index contributed by atoms with van der Waals surface area (Å²) in [6, 6.07) is 0.413. The number of ether oxygens (including phenoxy) is 1. The molecule has 2 saturated heterocycles. The predicted molar refractivity (Wildman–Crippen MR) is 68.0 cm³/mol. The molecule has 3 rings (SSSR count). The van der Waals surface area contributed by atoms with E-state index >= 15 is 0 Å². The number of hydrogen-bond donors (Lipinski definition) is 1. The van der Waals surface area contributed by atoms with Crippen molar-refractivity contribution >= 4 is 16.9 Å². The number of rotatable bonds is 2. The summed E-state index contributed by atoms with van der Waals surface area (Å²) in [6.07, 6.45) is 4.21. The summed E-state index contributed by atoms with van der Waals surface area (Å²) in [6.45, 7) is 5.36. The average molecular weight is 240 g/mol. The molecule has 1 N–H and O–H groups in total. The highest BCUT2D eigenvalue weighted by molar-refractivity contribution is 8.14. The fourth-order valence-corrected chi connectivity index (χ4v) is 3.57. The lowest BCUT2D eigenvalue weighted by Gasteiger charge is -2.18. The number of aliphatic imine (C=N–C) groups is 1. The lowest BCUT2D eigenvalue weighted by Crippen LogP contribution is -2.37. The van der Waals surface area contributed by atoms with Gasteiger partial charge in [0.2, 0.25) is 0 Å². The minimum atomic E-state index is 0.206. The molecule has 4 heteroatoms. The molecule has 3 fully saturated rings. The van der Waals surface area contributed by atoms with Crippen molar-refractivity contribution in [2.75, 3.05) is 12.4 Å². The van der Waals surface area contributed by atoms with Crippen LogP contribution in [0.2, 0.25) is 0 Å². The summed E-state index contributed by atoms with van der Waals surface area (Å²) in [5, 5.41) is 4.63. The molecular weight excluding hydrogens is 220 g/mol. The molecule has 3 aliphatic rings. The van der Waals surface area contributed by atoms with E-state index in [9.17, 15) is 0 Å². The average Bonchev–Trinajstić information content (AvgIpc) is 2.87. The van der Waals surface area contributed by atoms with Gasteiger partial charge in [-0.05, 0) is 39.0 Å². The van der Waals surface area contributed by atoms with Crippen molar-refractivity contribution in [1.29, 1.82) is 0 Å². The third kappa shape index (κ3) is 2.23. The Bertz CT molecular complexity index is 312. The van der Waals surface area contributed by atoms with Gasteiger partial charge >= 0.3 is 0 Å². The van der Waals surface area contributed by atoms with E-state index in [1.807, 2.05) is 11.8 Å². The molecule has 1 aliphatic carbocycles. The van der Waals surface area contributed by atoms with Crippen LogP contribution in [0.5, 0.6) is 0 Å². The third-order valence-corrected chi connectivity index (χ3v) is 4.83. The Morgan fingerprint density at radius 1 is 1.38 bits per heavy atom. The van der Waals surface area contributed by atoms with Crippen molar-refractivity contribution in [3.05, 3.63) is 0 Å². The number of nitrogens with zero attached hydrogens (tertiary/aromatic N) is 1. The SMILES string of the molecule is CC1(C)CSC(=NC2CCOC2C2CC2)N1. The van der Waals surface area contributed by atoms with Gasteiger partial charge < -0.3 is 10.1 Å². The summed E-state index contributed by atoms with van der Waals surface area (Å²) >= 11 is 1.85. The van der Waals surface area contributed by atoms with Crippen molar-refractivity contribution in [3.63, 3.8) is 0 Å². The van der Waals surface area contributed by atoms with Gasteiger partial charge in [-0.3, -0.25) is 4.99 Å². The zero-order chi connectivity index (χ0) is 11.2. The maximum absolute atomic E-state index is 5.81. The smallest absolute Gasteiger partial charge is 0.157 e. The van der Waals surface area contributed by atoms with Gasteiger partial charge in [-0.2, -0.15) is 0 Å². The summed E-state index contributed by atoms with van der Waals surface area (Å²) in [5.74, 6) is 1.92. The first kappa shape index (κ1) is 10.9. The third-order valence-electron chi connectivity index (χ3n) is 3.49. The number of hydrogen-bond acceptors (Lipinski definition) is 3. The number of amidine groups is 1. The van der Waals surface area contributed by atoms with Crippen molar-refractivity contribution in [3.8, 4) is 0 Å². The summed E-state index contributed by atoms with van der Waals surface area (Å²) in [5.41, 5.74) is 0.206. The highest BCUT2D eigenvalue weighted by Crippen LogP contribution is 2.40. The topological polar surface area (TPSA) is 33.6 Å². The van der Waals surface area contributed by atoms with Gasteiger partial charge in [0.05, 0.1) is 12.1 Å². The van der Waals surface area contributed by atoms with E-state index < -0.39 is 0 Å². The molecule has 1 saturated carbocycles. The van der Waals surface area contributed by atoms with Crippen LogP contribution in [0.3, 0.4) is 0 Å². The van der Waals surface area contributed by atoms with E-state index in [0.717, 1.165) is 29.9 Å². The molecule has 90 valence electrons. The normalized spacial score (nSPS) is 40.2. The van der Waals surface area contributed by atoms with Crippen LogP contribution in [-0.4, -0.2) is 35.2 Å². The Balaban J connectivity index is 1.67. The first-order valence-electron chi connectivity index (χ1n) is 6.24. The van der Waals surface area contributed by atoms with Crippen LogP contribution in [0.1, 0.15) is 33.1 Å². The maximum Gasteiger partial charge on any atom is 0.157 e. The molecule has 16 heavy (non-hydrogen) atoms. The van der Waals surface area contributed by atoms with Crippen LogP contribution in [0.15, 0.2) is 4.99 Å². The zero-order valence-electron chi connectivity index (χ0n) is 10.0. The van der Waals surface area contributed by atoms with E-state index in [0.29, 0.717) is 12.1 Å². The Morgan fingerprint density at radius 2 is 2.19 bits per heavy atom. The van der Waals surface area contributed by atoms with Crippen molar-refractivity contribution in [2.45, 2.75) is 50.8 Å². The lowest BCUT2D eigenvalue weighted by atomic mass is 10.1. The fourth-order valence-electron chi connectivity index (χ4n) is 2.44. The first-order valence-corrected chi connectivity index (χ1v) is 7.23. The summed E-state index contributed by atoms with van der Waals surface area (Å²) < 4.78 is 5.81. The van der Waals surface area contributed by atoms with E-state index in [2.05, 4.69) is 19.2 Å². The van der Waals surface area contributed by atoms with E-state index in [4.69, 9.17) is 9.73 Å². The quantitative estimate of drug-likeness (QED) is 0.802. The Labute approximate surface area is 101 Å². The van der Waals surface area contributed by atoms with Crippen LogP contribution in [0.25, 0.3) is 0 Å². The monoisotopic (exact) mass is 240 g/mol. The van der Waals surface area contributed by atoms with Gasteiger partial charge in [0.15, 0.2) is 5.17 Å². The molecule has 0 aromatic carbocycles. The molecule has 0 aromatic heterocycles. The van der Waals surface area contributed by atoms with Gasteiger partial charge in [0.1, 0.15) is 0 Å².